The molecule has 5 rings (SSSR count). The Morgan fingerprint density at radius 3 is 2.74 bits per heavy atom. The van der Waals surface area contributed by atoms with Crippen LogP contribution in [0.5, 0.6) is 0 Å². The summed E-state index contributed by atoms with van der Waals surface area (Å²) in [5, 5.41) is 7.48. The predicted octanol–water partition coefficient (Wildman–Crippen LogP) is 3.91. The Morgan fingerprint density at radius 1 is 1.32 bits per heavy atom. The molecule has 3 heterocycles. The monoisotopic (exact) mass is 612 g/mol. The van der Waals surface area contributed by atoms with Crippen LogP contribution >= 0.6 is 34.4 Å². The molecule has 0 amide bonds. The summed E-state index contributed by atoms with van der Waals surface area (Å²) in [6.07, 6.45) is 4.88. The van der Waals surface area contributed by atoms with E-state index in [-0.39, 0.29) is 21.8 Å². The summed E-state index contributed by atoms with van der Waals surface area (Å²) in [7, 11) is 0. The second-order valence-electron chi connectivity index (χ2n) is 10.2. The number of hydrogen-bond donors (Lipinski definition) is 3. The first-order chi connectivity index (χ1) is 16.1. The lowest BCUT2D eigenvalue weighted by molar-refractivity contribution is 0.175. The van der Waals surface area contributed by atoms with Crippen LogP contribution in [0.2, 0.25) is 0 Å². The highest BCUT2D eigenvalue weighted by Crippen LogP contribution is 2.53. The molecule has 11 heteroatoms. The minimum Gasteiger partial charge on any atom is -0.598 e. The summed E-state index contributed by atoms with van der Waals surface area (Å²) in [4.78, 5) is 23.6. The molecule has 0 radical (unpaired) electrons. The average Bonchev–Trinajstić information content (AvgIpc) is 3.31. The second kappa shape index (κ2) is 8.99. The Hall–Kier alpha value is -1.28. The number of rotatable bonds is 4. The van der Waals surface area contributed by atoms with Gasteiger partial charge in [-0.1, -0.05) is 6.07 Å². The third kappa shape index (κ3) is 4.27. The number of piperidine rings is 1. The molecule has 3 N–H and O–H groups in total. The smallest absolute Gasteiger partial charge is 0.264 e. The molecule has 1 aliphatic carbocycles. The highest BCUT2D eigenvalue weighted by atomic mass is 127. The largest absolute Gasteiger partial charge is 0.598 e. The number of benzene rings is 1. The van der Waals surface area contributed by atoms with Gasteiger partial charge in [0.2, 0.25) is 5.95 Å². The fourth-order valence-corrected chi connectivity index (χ4v) is 7.10. The SMILES string of the molecule is CSc1ccc2c(c1)[C@@H](N[S@+]([O-])C(C)(C)C)C1(CCN(c3nc4[nH]nc(I)c4c(=O)[nH]3)CC1)C2. The van der Waals surface area contributed by atoms with E-state index in [1.807, 2.05) is 43.4 Å². The van der Waals surface area contributed by atoms with Crippen molar-refractivity contribution in [3.63, 3.8) is 0 Å². The zero-order chi connectivity index (χ0) is 24.3. The molecule has 2 atom stereocenters. The molecular weight excluding hydrogens is 583 g/mol. The van der Waals surface area contributed by atoms with Crippen molar-refractivity contribution in [3.05, 3.63) is 43.4 Å². The maximum Gasteiger partial charge on any atom is 0.264 e. The molecule has 0 unspecified atom stereocenters. The lowest BCUT2D eigenvalue weighted by Crippen LogP contribution is -2.50. The third-order valence-electron chi connectivity index (χ3n) is 7.03. The van der Waals surface area contributed by atoms with E-state index in [1.54, 1.807) is 11.8 Å². The molecular formula is C23H29IN6O2S2. The van der Waals surface area contributed by atoms with Gasteiger partial charge in [0.25, 0.3) is 5.56 Å². The van der Waals surface area contributed by atoms with Crippen LogP contribution in [-0.2, 0) is 17.8 Å². The van der Waals surface area contributed by atoms with Gasteiger partial charge < -0.3 is 9.45 Å². The van der Waals surface area contributed by atoms with Crippen molar-refractivity contribution < 1.29 is 4.55 Å². The Morgan fingerprint density at radius 2 is 2.06 bits per heavy atom. The van der Waals surface area contributed by atoms with Crippen molar-refractivity contribution >= 4 is 62.7 Å². The van der Waals surface area contributed by atoms with Gasteiger partial charge in [0.15, 0.2) is 5.65 Å². The summed E-state index contributed by atoms with van der Waals surface area (Å²) >= 11 is 2.60. The first-order valence-corrected chi connectivity index (χ1v) is 14.8. The number of fused-ring (bicyclic) bond motifs is 2. The Labute approximate surface area is 219 Å². The molecule has 0 saturated carbocycles. The van der Waals surface area contributed by atoms with Crippen LogP contribution in [0.25, 0.3) is 11.0 Å². The van der Waals surface area contributed by atoms with Gasteiger partial charge in [-0.15, -0.1) is 16.5 Å². The van der Waals surface area contributed by atoms with Crippen molar-refractivity contribution in [3.8, 4) is 0 Å². The summed E-state index contributed by atoms with van der Waals surface area (Å²) < 4.78 is 17.0. The predicted molar refractivity (Wildman–Crippen MR) is 147 cm³/mol. The van der Waals surface area contributed by atoms with Gasteiger partial charge in [0.1, 0.15) is 13.8 Å². The number of thioether (sulfide) groups is 1. The van der Waals surface area contributed by atoms with Gasteiger partial charge in [-0.3, -0.25) is 14.9 Å². The van der Waals surface area contributed by atoms with Crippen molar-refractivity contribution in [1.29, 1.82) is 0 Å². The Kier molecular flexibility index (Phi) is 6.45. The lowest BCUT2D eigenvalue weighted by atomic mass is 9.73. The van der Waals surface area contributed by atoms with Crippen molar-refractivity contribution in [1.82, 2.24) is 24.9 Å². The zero-order valence-electron chi connectivity index (χ0n) is 19.7. The quantitative estimate of drug-likeness (QED) is 0.233. The fourth-order valence-electron chi connectivity index (χ4n) is 5.08. The number of aromatic amines is 2. The number of nitrogens with zero attached hydrogens (tertiary/aromatic N) is 3. The summed E-state index contributed by atoms with van der Waals surface area (Å²) in [6.45, 7) is 7.56. The molecule has 34 heavy (non-hydrogen) atoms. The van der Waals surface area contributed by atoms with E-state index in [9.17, 15) is 9.35 Å². The number of H-pyrrole nitrogens is 2. The van der Waals surface area contributed by atoms with E-state index in [0.29, 0.717) is 20.7 Å². The van der Waals surface area contributed by atoms with E-state index in [1.165, 1.54) is 16.0 Å². The first-order valence-electron chi connectivity index (χ1n) is 11.3. The Bertz CT molecular complexity index is 1280. The second-order valence-corrected chi connectivity index (χ2v) is 14.0. The van der Waals surface area contributed by atoms with E-state index in [0.717, 1.165) is 32.4 Å². The number of nitrogens with one attached hydrogen (secondary N) is 3. The molecule has 3 aromatic rings. The molecule has 2 aromatic heterocycles. The van der Waals surface area contributed by atoms with Gasteiger partial charge in [0, 0.05) is 34.8 Å². The molecule has 1 fully saturated rings. The van der Waals surface area contributed by atoms with Crippen LogP contribution in [0.1, 0.15) is 50.8 Å². The molecule has 1 saturated heterocycles. The van der Waals surface area contributed by atoms with E-state index in [4.69, 9.17) is 0 Å². The number of hydrogen-bond acceptors (Lipinski definition) is 7. The standard InChI is InChI=1S/C23H29IN6O2S2/c1-22(2,3)34(32)29-17-15-11-14(33-4)6-5-13(15)12-23(17)7-9-30(10-8-23)21-25-19-16(20(31)26-21)18(24)27-28-19/h5-6,11,17,29H,7-10,12H2,1-4H3,(H2,25,26,27,28,31)/t17-,34-/m1/s1. The summed E-state index contributed by atoms with van der Waals surface area (Å²) in [5.74, 6) is 0.579. The van der Waals surface area contributed by atoms with Crippen molar-refractivity contribution in [2.75, 3.05) is 24.2 Å². The van der Waals surface area contributed by atoms with Crippen LogP contribution in [-0.4, -0.2) is 48.8 Å². The Balaban J connectivity index is 1.43. The topological polar surface area (TPSA) is 113 Å². The molecule has 1 aliphatic heterocycles. The summed E-state index contributed by atoms with van der Waals surface area (Å²) in [5.41, 5.74) is 2.94. The zero-order valence-corrected chi connectivity index (χ0v) is 23.5. The molecule has 1 spiro atoms. The molecule has 1 aromatic carbocycles. The number of anilines is 1. The van der Waals surface area contributed by atoms with Crippen LogP contribution in [0.4, 0.5) is 5.95 Å². The van der Waals surface area contributed by atoms with Gasteiger partial charge in [-0.2, -0.15) is 10.1 Å². The van der Waals surface area contributed by atoms with E-state index < -0.39 is 11.4 Å². The number of halogens is 1. The molecule has 182 valence electrons. The van der Waals surface area contributed by atoms with Crippen molar-refractivity contribution in [2.24, 2.45) is 5.41 Å². The molecule has 8 nitrogen and oxygen atoms in total. The average molecular weight is 613 g/mol. The highest BCUT2D eigenvalue weighted by molar-refractivity contribution is 14.1. The minimum atomic E-state index is -1.17. The van der Waals surface area contributed by atoms with Crippen molar-refractivity contribution in [2.45, 2.75) is 55.7 Å². The first kappa shape index (κ1) is 24.4. The normalized spacial score (nSPS) is 20.8. The highest BCUT2D eigenvalue weighted by Gasteiger charge is 2.50. The van der Waals surface area contributed by atoms with Crippen LogP contribution in [0.15, 0.2) is 27.9 Å². The fraction of sp³-hybridized carbons (Fsp3) is 0.522. The molecule has 2 aliphatic rings. The van der Waals surface area contributed by atoms with Crippen LogP contribution in [0.3, 0.4) is 0 Å². The van der Waals surface area contributed by atoms with E-state index in [2.05, 4.69) is 54.2 Å². The van der Waals surface area contributed by atoms with Gasteiger partial charge >= 0.3 is 0 Å². The van der Waals surface area contributed by atoms with Crippen LogP contribution < -0.4 is 15.2 Å². The van der Waals surface area contributed by atoms with Gasteiger partial charge in [-0.05, 0) is 92.1 Å². The summed E-state index contributed by atoms with van der Waals surface area (Å²) in [6, 6.07) is 6.72. The molecule has 0 bridgehead atoms. The minimum absolute atomic E-state index is 0.0233. The van der Waals surface area contributed by atoms with Gasteiger partial charge in [-0.25, -0.2) is 0 Å². The van der Waals surface area contributed by atoms with Crippen LogP contribution in [0, 0.1) is 9.12 Å². The maximum absolute atomic E-state index is 13.2. The lowest BCUT2D eigenvalue weighted by Gasteiger charge is -2.44. The number of aromatic nitrogens is 4. The van der Waals surface area contributed by atoms with Gasteiger partial charge in [0.05, 0.1) is 6.04 Å². The third-order valence-corrected chi connectivity index (χ3v) is 10.1. The maximum atomic E-state index is 13.2. The van der Waals surface area contributed by atoms with E-state index >= 15 is 0 Å².